The number of anilines is 1. The maximum Gasteiger partial charge on any atom is 0.256 e. The van der Waals surface area contributed by atoms with Crippen molar-refractivity contribution in [3.63, 3.8) is 0 Å². The van der Waals surface area contributed by atoms with E-state index in [4.69, 9.17) is 0 Å². The number of benzene rings is 2. The van der Waals surface area contributed by atoms with Crippen LogP contribution in [0, 0.1) is 0 Å². The number of nitrogens with zero attached hydrogens (tertiary/aromatic N) is 2. The van der Waals surface area contributed by atoms with Crippen molar-refractivity contribution in [3.8, 4) is 5.75 Å². The quantitative estimate of drug-likeness (QED) is 0.847. The maximum atomic E-state index is 13.1. The summed E-state index contributed by atoms with van der Waals surface area (Å²) in [5.41, 5.74) is 3.34. The molecule has 1 aliphatic heterocycles. The lowest BCUT2D eigenvalue weighted by Gasteiger charge is -2.52. The van der Waals surface area contributed by atoms with Crippen LogP contribution in [0.15, 0.2) is 60.3 Å². The Morgan fingerprint density at radius 1 is 1.04 bits per heavy atom. The Labute approximate surface area is 160 Å². The van der Waals surface area contributed by atoms with Gasteiger partial charge < -0.3 is 15.3 Å². The number of phenols is 1. The molecule has 5 heteroatoms. The molecule has 142 valence electrons. The largest absolute Gasteiger partial charge is 0.508 e. The average molecular weight is 365 g/mol. The molecule has 0 bridgehead atoms. The van der Waals surface area contributed by atoms with Crippen LogP contribution in [-0.2, 0) is 4.79 Å². The van der Waals surface area contributed by atoms with Gasteiger partial charge in [0, 0.05) is 11.4 Å². The van der Waals surface area contributed by atoms with Gasteiger partial charge in [-0.25, -0.2) is 0 Å². The first-order chi connectivity index (χ1) is 12.9. The van der Waals surface area contributed by atoms with Crippen LogP contribution in [0.4, 0.5) is 5.69 Å². The van der Waals surface area contributed by atoms with Crippen molar-refractivity contribution in [2.45, 2.75) is 33.5 Å². The van der Waals surface area contributed by atoms with Crippen LogP contribution < -0.4 is 10.2 Å². The van der Waals surface area contributed by atoms with Gasteiger partial charge in [0.15, 0.2) is 5.79 Å². The summed E-state index contributed by atoms with van der Waals surface area (Å²) in [5, 5.41) is 12.9. The molecule has 5 nitrogen and oxygen atoms in total. The minimum Gasteiger partial charge on any atom is -0.508 e. The van der Waals surface area contributed by atoms with Crippen LogP contribution in [0.25, 0.3) is 5.57 Å². The number of carbonyl (C=O) groups excluding carboxylic acids is 1. The van der Waals surface area contributed by atoms with E-state index in [1.807, 2.05) is 56.3 Å². The number of hydrogen-bond acceptors (Lipinski definition) is 4. The summed E-state index contributed by atoms with van der Waals surface area (Å²) in [7, 11) is 0. The van der Waals surface area contributed by atoms with Gasteiger partial charge in [-0.3, -0.25) is 9.69 Å². The predicted octanol–water partition coefficient (Wildman–Crippen LogP) is 3.78. The van der Waals surface area contributed by atoms with Gasteiger partial charge in [0.1, 0.15) is 5.75 Å². The van der Waals surface area contributed by atoms with Gasteiger partial charge in [0.05, 0.1) is 5.57 Å². The van der Waals surface area contributed by atoms with Crippen molar-refractivity contribution in [2.24, 2.45) is 0 Å². The summed E-state index contributed by atoms with van der Waals surface area (Å²) in [6, 6.07) is 16.8. The fraction of sp³-hybridized carbons (Fsp3) is 0.318. The number of phenolic OH excluding ortho intramolecular Hbond substituents is 1. The molecule has 0 aliphatic carbocycles. The second-order valence-corrected chi connectivity index (χ2v) is 6.83. The fourth-order valence-corrected chi connectivity index (χ4v) is 3.99. The maximum absolute atomic E-state index is 13.1. The minimum absolute atomic E-state index is 0.0804. The molecule has 3 rings (SSSR count). The lowest BCUT2D eigenvalue weighted by atomic mass is 9.97. The first-order valence-corrected chi connectivity index (χ1v) is 9.35. The summed E-state index contributed by atoms with van der Waals surface area (Å²) >= 11 is 0. The van der Waals surface area contributed by atoms with Gasteiger partial charge in [-0.05, 0) is 56.8 Å². The Kier molecular flexibility index (Phi) is 5.24. The number of carbonyl (C=O) groups is 1. The topological polar surface area (TPSA) is 55.8 Å². The first-order valence-electron chi connectivity index (χ1n) is 9.35. The molecule has 0 saturated heterocycles. The SMILES string of the molecule is CCN(CC)C1(C)NC(=O)C(c2ccccc2)=C(C)N1c1ccc(O)cc1. The van der Waals surface area contributed by atoms with E-state index in [2.05, 4.69) is 29.0 Å². The van der Waals surface area contributed by atoms with E-state index in [0.717, 1.165) is 30.0 Å². The average Bonchev–Trinajstić information content (AvgIpc) is 2.64. The van der Waals surface area contributed by atoms with Crippen molar-refractivity contribution >= 4 is 17.2 Å². The Hall–Kier alpha value is -2.79. The fourth-order valence-electron chi connectivity index (χ4n) is 3.99. The smallest absolute Gasteiger partial charge is 0.256 e. The van der Waals surface area contributed by atoms with E-state index in [9.17, 15) is 9.90 Å². The van der Waals surface area contributed by atoms with E-state index >= 15 is 0 Å². The van der Waals surface area contributed by atoms with Gasteiger partial charge in [-0.1, -0.05) is 44.2 Å². The lowest BCUT2D eigenvalue weighted by Crippen LogP contribution is -2.70. The Balaban J connectivity index is 2.23. The molecule has 2 aromatic carbocycles. The van der Waals surface area contributed by atoms with Gasteiger partial charge in [0.25, 0.3) is 5.91 Å². The molecular weight excluding hydrogens is 338 g/mol. The normalized spacial score (nSPS) is 20.2. The van der Waals surface area contributed by atoms with Crippen molar-refractivity contribution in [1.82, 2.24) is 10.2 Å². The third-order valence-corrected chi connectivity index (χ3v) is 5.26. The second-order valence-electron chi connectivity index (χ2n) is 6.83. The zero-order chi connectivity index (χ0) is 19.6. The number of aromatic hydroxyl groups is 1. The molecule has 27 heavy (non-hydrogen) atoms. The number of hydrogen-bond donors (Lipinski definition) is 2. The van der Waals surface area contributed by atoms with Crippen LogP contribution >= 0.6 is 0 Å². The van der Waals surface area contributed by atoms with Crippen molar-refractivity contribution in [3.05, 3.63) is 65.9 Å². The summed E-state index contributed by atoms with van der Waals surface area (Å²) in [6.07, 6.45) is 0. The zero-order valence-corrected chi connectivity index (χ0v) is 16.4. The van der Waals surface area contributed by atoms with Crippen LogP contribution in [0.3, 0.4) is 0 Å². The molecule has 0 fully saturated rings. The minimum atomic E-state index is -0.708. The molecule has 1 heterocycles. The molecule has 0 spiro atoms. The lowest BCUT2D eigenvalue weighted by molar-refractivity contribution is -0.120. The van der Waals surface area contributed by atoms with Crippen molar-refractivity contribution in [2.75, 3.05) is 18.0 Å². The molecule has 1 atom stereocenters. The van der Waals surface area contributed by atoms with Crippen molar-refractivity contribution < 1.29 is 9.90 Å². The molecule has 0 aromatic heterocycles. The molecule has 0 saturated carbocycles. The van der Waals surface area contributed by atoms with E-state index in [1.54, 1.807) is 12.1 Å². The van der Waals surface area contributed by atoms with E-state index in [0.29, 0.717) is 5.57 Å². The molecule has 2 N–H and O–H groups in total. The number of rotatable bonds is 5. The van der Waals surface area contributed by atoms with E-state index < -0.39 is 5.79 Å². The Morgan fingerprint density at radius 3 is 2.19 bits per heavy atom. The summed E-state index contributed by atoms with van der Waals surface area (Å²) in [4.78, 5) is 17.5. The van der Waals surface area contributed by atoms with Crippen LogP contribution in [0.5, 0.6) is 5.75 Å². The highest BCUT2D eigenvalue weighted by Crippen LogP contribution is 2.37. The number of nitrogens with one attached hydrogen (secondary N) is 1. The Bertz CT molecular complexity index is 842. The van der Waals surface area contributed by atoms with Gasteiger partial charge in [-0.2, -0.15) is 0 Å². The third kappa shape index (κ3) is 3.30. The molecule has 1 aliphatic rings. The summed E-state index contributed by atoms with van der Waals surface area (Å²) in [6.45, 7) is 9.75. The first kappa shape index (κ1) is 19.0. The summed E-state index contributed by atoms with van der Waals surface area (Å²) in [5.74, 6) is -0.572. The molecule has 1 amide bonds. The van der Waals surface area contributed by atoms with Crippen LogP contribution in [0.1, 0.15) is 33.3 Å². The predicted molar refractivity (Wildman–Crippen MR) is 109 cm³/mol. The number of allylic oxidation sites excluding steroid dienone is 1. The van der Waals surface area contributed by atoms with Crippen LogP contribution in [-0.4, -0.2) is 34.8 Å². The standard InChI is InChI=1S/C22H27N3O2/c1-5-24(6-2)22(4)23-21(27)20(17-10-8-7-9-11-17)16(3)25(22)18-12-14-19(26)15-13-18/h7-15,26H,5-6H2,1-4H3,(H,23,27). The molecule has 0 radical (unpaired) electrons. The van der Waals surface area contributed by atoms with Crippen LogP contribution in [0.2, 0.25) is 0 Å². The molecule has 1 unspecified atom stereocenters. The number of amides is 1. The monoisotopic (exact) mass is 365 g/mol. The van der Waals surface area contributed by atoms with E-state index in [-0.39, 0.29) is 11.7 Å². The highest BCUT2D eigenvalue weighted by atomic mass is 16.3. The molecule has 2 aromatic rings. The highest BCUT2D eigenvalue weighted by Gasteiger charge is 2.44. The second kappa shape index (κ2) is 7.45. The van der Waals surface area contributed by atoms with Crippen molar-refractivity contribution in [1.29, 1.82) is 0 Å². The third-order valence-electron chi connectivity index (χ3n) is 5.26. The van der Waals surface area contributed by atoms with Gasteiger partial charge in [-0.15, -0.1) is 0 Å². The van der Waals surface area contributed by atoms with E-state index in [1.165, 1.54) is 0 Å². The Morgan fingerprint density at radius 2 is 1.63 bits per heavy atom. The zero-order valence-electron chi connectivity index (χ0n) is 16.4. The summed E-state index contributed by atoms with van der Waals surface area (Å²) < 4.78 is 0. The highest BCUT2D eigenvalue weighted by molar-refractivity contribution is 6.22. The molecular formula is C22H27N3O2. The van der Waals surface area contributed by atoms with Gasteiger partial charge >= 0.3 is 0 Å². The van der Waals surface area contributed by atoms with Gasteiger partial charge in [0.2, 0.25) is 0 Å².